The van der Waals surface area contributed by atoms with Gasteiger partial charge < -0.3 is 15.0 Å². The summed E-state index contributed by atoms with van der Waals surface area (Å²) in [6, 6.07) is 14.7. The first-order chi connectivity index (χ1) is 12.6. The second-order valence-electron chi connectivity index (χ2n) is 7.53. The summed E-state index contributed by atoms with van der Waals surface area (Å²) in [5.74, 6) is 0.482. The average molecular weight is 350 g/mol. The Labute approximate surface area is 155 Å². The maximum absolute atomic E-state index is 12.6. The normalized spacial score (nSPS) is 21.4. The van der Waals surface area contributed by atoms with Crippen LogP contribution in [0.25, 0.3) is 0 Å². The van der Waals surface area contributed by atoms with Crippen LogP contribution in [0.2, 0.25) is 0 Å². The molecule has 1 fully saturated rings. The number of likely N-dealkylation sites (tertiary alicyclic amines) is 1. The molecule has 2 aliphatic rings. The van der Waals surface area contributed by atoms with Crippen LogP contribution in [0.1, 0.15) is 41.0 Å². The Morgan fingerprint density at radius 3 is 2.85 bits per heavy atom. The van der Waals surface area contributed by atoms with Crippen LogP contribution < -0.4 is 5.32 Å². The predicted molar refractivity (Wildman–Crippen MR) is 104 cm³/mol. The molecule has 0 unspecified atom stereocenters. The molecule has 1 amide bonds. The van der Waals surface area contributed by atoms with E-state index >= 15 is 0 Å². The fraction of sp³-hybridized carbons (Fsp3) is 0.409. The van der Waals surface area contributed by atoms with E-state index in [0.717, 1.165) is 24.9 Å². The minimum Gasteiger partial charge on any atom is -0.445 e. The lowest BCUT2D eigenvalue weighted by Gasteiger charge is -2.24. The maximum Gasteiger partial charge on any atom is 0.410 e. The molecule has 0 aliphatic carbocycles. The van der Waals surface area contributed by atoms with Gasteiger partial charge in [0.1, 0.15) is 6.61 Å². The maximum atomic E-state index is 12.6. The minimum atomic E-state index is -0.208. The molecule has 1 saturated heterocycles. The van der Waals surface area contributed by atoms with Crippen LogP contribution in [0.15, 0.2) is 42.5 Å². The van der Waals surface area contributed by atoms with Gasteiger partial charge in [-0.05, 0) is 43.4 Å². The Hall–Kier alpha value is -2.49. The molecule has 4 rings (SSSR count). The molecule has 0 saturated carbocycles. The number of aryl methyl sites for hydroxylation is 2. The van der Waals surface area contributed by atoms with Crippen molar-refractivity contribution in [1.29, 1.82) is 0 Å². The molecule has 1 N–H and O–H groups in total. The topological polar surface area (TPSA) is 41.6 Å². The number of ether oxygens (including phenoxy) is 1. The van der Waals surface area contributed by atoms with Crippen molar-refractivity contribution in [3.63, 3.8) is 0 Å². The quantitative estimate of drug-likeness (QED) is 0.860. The number of nitrogens with zero attached hydrogens (tertiary/aromatic N) is 1. The predicted octanol–water partition coefficient (Wildman–Crippen LogP) is 4.61. The van der Waals surface area contributed by atoms with Gasteiger partial charge >= 0.3 is 6.09 Å². The largest absolute Gasteiger partial charge is 0.445 e. The summed E-state index contributed by atoms with van der Waals surface area (Å²) in [4.78, 5) is 14.5. The molecule has 2 aromatic rings. The Kier molecular flexibility index (Phi) is 4.58. The van der Waals surface area contributed by atoms with Gasteiger partial charge in [-0.15, -0.1) is 0 Å². The number of nitrogens with one attached hydrogen (secondary N) is 1. The number of rotatable bonds is 2. The van der Waals surface area contributed by atoms with Gasteiger partial charge in [0, 0.05) is 24.7 Å². The second-order valence-corrected chi connectivity index (χ2v) is 7.53. The van der Waals surface area contributed by atoms with Gasteiger partial charge in [0.15, 0.2) is 0 Å². The highest BCUT2D eigenvalue weighted by Crippen LogP contribution is 2.42. The third kappa shape index (κ3) is 3.28. The van der Waals surface area contributed by atoms with E-state index in [1.54, 1.807) is 0 Å². The minimum absolute atomic E-state index is 0.208. The Bertz CT molecular complexity index is 803. The Morgan fingerprint density at radius 1 is 1.23 bits per heavy atom. The summed E-state index contributed by atoms with van der Waals surface area (Å²) in [6.45, 7) is 6.12. The van der Waals surface area contributed by atoms with E-state index in [1.807, 2.05) is 35.2 Å². The molecule has 2 aromatic carbocycles. The fourth-order valence-corrected chi connectivity index (χ4v) is 4.33. The number of fused-ring (bicyclic) bond motifs is 3. The van der Waals surface area contributed by atoms with Crippen LogP contribution in [0, 0.1) is 13.8 Å². The number of carbonyl (C=O) groups is 1. The molecule has 4 heteroatoms. The molecule has 136 valence electrons. The van der Waals surface area contributed by atoms with Crippen molar-refractivity contribution in [2.24, 2.45) is 0 Å². The molecule has 2 heterocycles. The third-order valence-electron chi connectivity index (χ3n) is 5.55. The number of anilines is 1. The summed E-state index contributed by atoms with van der Waals surface area (Å²) in [7, 11) is 0. The van der Waals surface area contributed by atoms with E-state index in [0.29, 0.717) is 19.1 Å². The summed E-state index contributed by atoms with van der Waals surface area (Å²) < 4.78 is 5.55. The Morgan fingerprint density at radius 2 is 2.04 bits per heavy atom. The molecular weight excluding hydrogens is 324 g/mol. The molecule has 0 radical (unpaired) electrons. The van der Waals surface area contributed by atoms with Crippen LogP contribution >= 0.6 is 0 Å². The van der Waals surface area contributed by atoms with Crippen LogP contribution in [-0.2, 0) is 11.3 Å². The number of hydrogen-bond acceptors (Lipinski definition) is 3. The second kappa shape index (κ2) is 7.02. The van der Waals surface area contributed by atoms with Gasteiger partial charge in [-0.2, -0.15) is 0 Å². The van der Waals surface area contributed by atoms with Gasteiger partial charge in [-0.25, -0.2) is 4.79 Å². The van der Waals surface area contributed by atoms with Gasteiger partial charge in [-0.1, -0.05) is 48.0 Å². The van der Waals surface area contributed by atoms with Crippen molar-refractivity contribution >= 4 is 11.8 Å². The van der Waals surface area contributed by atoms with Crippen molar-refractivity contribution in [3.05, 3.63) is 64.7 Å². The zero-order chi connectivity index (χ0) is 18.1. The van der Waals surface area contributed by atoms with E-state index in [4.69, 9.17) is 4.74 Å². The first-order valence-electron chi connectivity index (χ1n) is 9.45. The van der Waals surface area contributed by atoms with Crippen molar-refractivity contribution in [2.75, 3.05) is 18.4 Å². The summed E-state index contributed by atoms with van der Waals surface area (Å²) in [5, 5.41) is 3.68. The van der Waals surface area contributed by atoms with Crippen LogP contribution in [0.5, 0.6) is 0 Å². The third-order valence-corrected chi connectivity index (χ3v) is 5.55. The number of benzene rings is 2. The molecule has 26 heavy (non-hydrogen) atoms. The molecule has 4 nitrogen and oxygen atoms in total. The highest BCUT2D eigenvalue weighted by Gasteiger charge is 2.37. The molecule has 0 bridgehead atoms. The lowest BCUT2D eigenvalue weighted by molar-refractivity contribution is 0.0965. The van der Waals surface area contributed by atoms with Crippen LogP contribution in [0.3, 0.4) is 0 Å². The van der Waals surface area contributed by atoms with Crippen molar-refractivity contribution in [3.8, 4) is 0 Å². The lowest BCUT2D eigenvalue weighted by Crippen LogP contribution is -2.39. The summed E-state index contributed by atoms with van der Waals surface area (Å²) in [5.41, 5.74) is 6.32. The standard InChI is InChI=1S/C22H26N2O2/c1-15-11-16(2)21-19(12-15)18-9-6-10-24(13-20(18)23-21)22(25)26-14-17-7-4-3-5-8-17/h3-5,7-8,11-12,18,20,23H,6,9-10,13-14H2,1-2H3/t18-,20-/m1/s1. The SMILES string of the molecule is Cc1cc(C)c2c(c1)[C@H]1CCCN(C(=O)OCc3ccccc3)C[C@H]1N2. The van der Waals surface area contributed by atoms with E-state index in [1.165, 1.54) is 22.4 Å². The molecule has 2 atom stereocenters. The van der Waals surface area contributed by atoms with E-state index < -0.39 is 0 Å². The monoisotopic (exact) mass is 350 g/mol. The lowest BCUT2D eigenvalue weighted by atomic mass is 9.90. The zero-order valence-electron chi connectivity index (χ0n) is 15.5. The van der Waals surface area contributed by atoms with E-state index in [9.17, 15) is 4.79 Å². The average Bonchev–Trinajstić information content (AvgIpc) is 2.84. The van der Waals surface area contributed by atoms with Crippen molar-refractivity contribution < 1.29 is 9.53 Å². The molecule has 0 aromatic heterocycles. The first kappa shape index (κ1) is 17.0. The number of carbonyl (C=O) groups excluding carboxylic acids is 1. The molecule has 2 aliphatic heterocycles. The number of hydrogen-bond donors (Lipinski definition) is 1. The highest BCUT2D eigenvalue weighted by atomic mass is 16.6. The van der Waals surface area contributed by atoms with E-state index in [-0.39, 0.29) is 12.1 Å². The van der Waals surface area contributed by atoms with Crippen LogP contribution in [-0.4, -0.2) is 30.1 Å². The van der Waals surface area contributed by atoms with E-state index in [2.05, 4.69) is 31.3 Å². The smallest absolute Gasteiger partial charge is 0.410 e. The summed E-state index contributed by atoms with van der Waals surface area (Å²) >= 11 is 0. The zero-order valence-corrected chi connectivity index (χ0v) is 15.5. The van der Waals surface area contributed by atoms with Gasteiger partial charge in [0.25, 0.3) is 0 Å². The first-order valence-corrected chi connectivity index (χ1v) is 9.45. The van der Waals surface area contributed by atoms with Gasteiger partial charge in [0.2, 0.25) is 0 Å². The summed E-state index contributed by atoms with van der Waals surface area (Å²) in [6.07, 6.45) is 1.91. The van der Waals surface area contributed by atoms with Gasteiger partial charge in [-0.3, -0.25) is 0 Å². The van der Waals surface area contributed by atoms with Gasteiger partial charge in [0.05, 0.1) is 6.04 Å². The molecular formula is C22H26N2O2. The molecule has 0 spiro atoms. The Balaban J connectivity index is 1.44. The number of amides is 1. The van der Waals surface area contributed by atoms with Crippen molar-refractivity contribution in [2.45, 2.75) is 45.3 Å². The fourth-order valence-electron chi connectivity index (χ4n) is 4.33. The van der Waals surface area contributed by atoms with Crippen LogP contribution in [0.4, 0.5) is 10.5 Å². The highest BCUT2D eigenvalue weighted by molar-refractivity contribution is 5.69. The van der Waals surface area contributed by atoms with Crippen molar-refractivity contribution in [1.82, 2.24) is 4.90 Å².